The molecule has 2 rings (SSSR count). The van der Waals surface area contributed by atoms with Crippen molar-refractivity contribution >= 4 is 21.7 Å². The normalized spacial score (nSPS) is 12.4. The van der Waals surface area contributed by atoms with Crippen molar-refractivity contribution in [3.63, 3.8) is 0 Å². The lowest BCUT2D eigenvalue weighted by atomic mass is 10.3. The minimum Gasteiger partial charge on any atom is -0.366 e. The monoisotopic (exact) mass is 323 g/mol. The van der Waals surface area contributed by atoms with Crippen LogP contribution in [0.2, 0.25) is 0 Å². The second kappa shape index (κ2) is 6.65. The smallest absolute Gasteiger partial charge is 0.132 e. The molecule has 0 aliphatic rings. The predicted molar refractivity (Wildman–Crippen MR) is 79.0 cm³/mol. The molecule has 0 saturated carbocycles. The molecule has 0 aromatic carbocycles. The van der Waals surface area contributed by atoms with Crippen LogP contribution < -0.4 is 5.32 Å². The van der Waals surface area contributed by atoms with Crippen LogP contribution in [0.5, 0.6) is 0 Å². The van der Waals surface area contributed by atoms with E-state index in [1.807, 2.05) is 23.2 Å². The van der Waals surface area contributed by atoms with Gasteiger partial charge in [-0.2, -0.15) is 0 Å². The molecule has 0 bridgehead atoms. The lowest BCUT2D eigenvalue weighted by molar-refractivity contribution is 0.616. The fraction of sp³-hybridized carbons (Fsp3) is 0.462. The van der Waals surface area contributed by atoms with Gasteiger partial charge in [0.15, 0.2) is 0 Å². The molecule has 0 aliphatic carbocycles. The summed E-state index contributed by atoms with van der Waals surface area (Å²) in [6.45, 7) is 5.10. The highest BCUT2D eigenvalue weighted by atomic mass is 79.9. The van der Waals surface area contributed by atoms with Crippen LogP contribution in [-0.4, -0.2) is 25.6 Å². The summed E-state index contributed by atoms with van der Waals surface area (Å²) in [4.78, 5) is 12.9. The first-order valence-electron chi connectivity index (χ1n) is 6.43. The van der Waals surface area contributed by atoms with E-state index in [1.54, 1.807) is 6.20 Å². The van der Waals surface area contributed by atoms with Gasteiger partial charge >= 0.3 is 0 Å². The molecule has 2 heterocycles. The molecule has 0 spiro atoms. The molecular weight excluding hydrogens is 306 g/mol. The summed E-state index contributed by atoms with van der Waals surface area (Å²) in [5.41, 5.74) is 0. The van der Waals surface area contributed by atoms with E-state index in [0.717, 1.165) is 35.6 Å². The minimum atomic E-state index is 0.269. The van der Waals surface area contributed by atoms with Gasteiger partial charge < -0.3 is 9.88 Å². The molecule has 2 aromatic rings. The summed E-state index contributed by atoms with van der Waals surface area (Å²) in [6.07, 6.45) is 7.49. The SMILES string of the molecule is CCCc1nc(Br)cc(NC(C)Cn2ccnc2)n1. The van der Waals surface area contributed by atoms with Crippen LogP contribution in [0.3, 0.4) is 0 Å². The zero-order chi connectivity index (χ0) is 13.7. The molecule has 0 amide bonds. The summed E-state index contributed by atoms with van der Waals surface area (Å²) < 4.78 is 2.86. The number of imidazole rings is 1. The second-order valence-corrected chi connectivity index (χ2v) is 5.36. The van der Waals surface area contributed by atoms with Crippen molar-refractivity contribution < 1.29 is 0 Å². The highest BCUT2D eigenvalue weighted by Crippen LogP contribution is 2.14. The lowest BCUT2D eigenvalue weighted by Crippen LogP contribution is -2.22. The van der Waals surface area contributed by atoms with Crippen molar-refractivity contribution in [3.05, 3.63) is 35.2 Å². The molecular formula is C13H18BrN5. The number of hydrogen-bond donors (Lipinski definition) is 1. The summed E-state index contributed by atoms with van der Waals surface area (Å²) in [5.74, 6) is 1.73. The van der Waals surface area contributed by atoms with E-state index >= 15 is 0 Å². The Morgan fingerprint density at radius 2 is 2.26 bits per heavy atom. The quantitative estimate of drug-likeness (QED) is 0.830. The van der Waals surface area contributed by atoms with Gasteiger partial charge in [0, 0.05) is 37.5 Å². The van der Waals surface area contributed by atoms with E-state index in [0.29, 0.717) is 0 Å². The van der Waals surface area contributed by atoms with E-state index in [4.69, 9.17) is 0 Å². The Kier molecular flexibility index (Phi) is 4.90. The fourth-order valence-corrected chi connectivity index (χ4v) is 2.30. The fourth-order valence-electron chi connectivity index (χ4n) is 1.88. The van der Waals surface area contributed by atoms with Gasteiger partial charge in [0.2, 0.25) is 0 Å². The minimum absolute atomic E-state index is 0.269. The molecule has 6 heteroatoms. The molecule has 0 aliphatic heterocycles. The van der Waals surface area contributed by atoms with Gasteiger partial charge in [-0.3, -0.25) is 0 Å². The zero-order valence-electron chi connectivity index (χ0n) is 11.2. The van der Waals surface area contributed by atoms with Gasteiger partial charge in [-0.05, 0) is 29.3 Å². The van der Waals surface area contributed by atoms with Crippen molar-refractivity contribution in [1.29, 1.82) is 0 Å². The van der Waals surface area contributed by atoms with Gasteiger partial charge in [0.05, 0.1) is 6.33 Å². The van der Waals surface area contributed by atoms with Crippen LogP contribution in [0, 0.1) is 0 Å². The Morgan fingerprint density at radius 3 is 2.95 bits per heavy atom. The largest absolute Gasteiger partial charge is 0.366 e. The molecule has 1 unspecified atom stereocenters. The van der Waals surface area contributed by atoms with Crippen LogP contribution in [-0.2, 0) is 13.0 Å². The highest BCUT2D eigenvalue weighted by molar-refractivity contribution is 9.10. The third kappa shape index (κ3) is 4.31. The van der Waals surface area contributed by atoms with Crippen LogP contribution in [0.25, 0.3) is 0 Å². The molecule has 102 valence electrons. The zero-order valence-corrected chi connectivity index (χ0v) is 12.8. The van der Waals surface area contributed by atoms with Crippen molar-refractivity contribution in [1.82, 2.24) is 19.5 Å². The number of nitrogens with one attached hydrogen (secondary N) is 1. The van der Waals surface area contributed by atoms with Crippen LogP contribution in [0.1, 0.15) is 26.1 Å². The maximum absolute atomic E-state index is 4.52. The number of halogens is 1. The van der Waals surface area contributed by atoms with Crippen LogP contribution in [0.15, 0.2) is 29.4 Å². The number of rotatable bonds is 6. The topological polar surface area (TPSA) is 55.6 Å². The maximum Gasteiger partial charge on any atom is 0.132 e. The molecule has 0 radical (unpaired) electrons. The predicted octanol–water partition coefficient (Wildman–Crippen LogP) is 2.89. The van der Waals surface area contributed by atoms with E-state index in [2.05, 4.69) is 50.0 Å². The summed E-state index contributed by atoms with van der Waals surface area (Å²) in [5, 5.41) is 3.39. The Bertz CT molecular complexity index is 512. The van der Waals surface area contributed by atoms with Gasteiger partial charge in [-0.15, -0.1) is 0 Å². The van der Waals surface area contributed by atoms with Gasteiger partial charge in [0.25, 0.3) is 0 Å². The Balaban J connectivity index is 2.01. The molecule has 5 nitrogen and oxygen atoms in total. The molecule has 0 fully saturated rings. The number of hydrogen-bond acceptors (Lipinski definition) is 4. The molecule has 1 atom stereocenters. The molecule has 2 aromatic heterocycles. The average Bonchev–Trinajstić information content (AvgIpc) is 2.81. The molecule has 0 saturated heterocycles. The van der Waals surface area contributed by atoms with Gasteiger partial charge in [-0.25, -0.2) is 15.0 Å². The van der Waals surface area contributed by atoms with Crippen molar-refractivity contribution in [3.8, 4) is 0 Å². The van der Waals surface area contributed by atoms with E-state index in [1.165, 1.54) is 0 Å². The van der Waals surface area contributed by atoms with Gasteiger partial charge in [0.1, 0.15) is 16.2 Å². The second-order valence-electron chi connectivity index (χ2n) is 4.55. The first kappa shape index (κ1) is 14.0. The van der Waals surface area contributed by atoms with Crippen molar-refractivity contribution in [2.24, 2.45) is 0 Å². The lowest BCUT2D eigenvalue weighted by Gasteiger charge is -2.15. The summed E-state index contributed by atoms with van der Waals surface area (Å²) >= 11 is 3.43. The first-order chi connectivity index (χ1) is 9.17. The van der Waals surface area contributed by atoms with E-state index in [-0.39, 0.29) is 6.04 Å². The number of aromatic nitrogens is 4. The Morgan fingerprint density at radius 1 is 1.42 bits per heavy atom. The number of aryl methyl sites for hydroxylation is 1. The summed E-state index contributed by atoms with van der Waals surface area (Å²) in [7, 11) is 0. The Hall–Kier alpha value is -1.43. The number of nitrogens with zero attached hydrogens (tertiary/aromatic N) is 4. The molecule has 1 N–H and O–H groups in total. The van der Waals surface area contributed by atoms with Crippen LogP contribution in [0.4, 0.5) is 5.82 Å². The standard InChI is InChI=1S/C13H18BrN5/c1-3-4-12-17-11(14)7-13(18-12)16-10(2)8-19-6-5-15-9-19/h5-7,9-10H,3-4,8H2,1-2H3,(H,16,17,18). The van der Waals surface area contributed by atoms with Crippen molar-refractivity contribution in [2.75, 3.05) is 5.32 Å². The first-order valence-corrected chi connectivity index (χ1v) is 7.22. The van der Waals surface area contributed by atoms with Crippen molar-refractivity contribution in [2.45, 2.75) is 39.3 Å². The third-order valence-corrected chi connectivity index (χ3v) is 3.06. The highest BCUT2D eigenvalue weighted by Gasteiger charge is 2.07. The summed E-state index contributed by atoms with van der Waals surface area (Å²) in [6, 6.07) is 2.18. The maximum atomic E-state index is 4.52. The third-order valence-electron chi connectivity index (χ3n) is 2.65. The van der Waals surface area contributed by atoms with E-state index < -0.39 is 0 Å². The molecule has 19 heavy (non-hydrogen) atoms. The average molecular weight is 324 g/mol. The van der Waals surface area contributed by atoms with Gasteiger partial charge in [-0.1, -0.05) is 6.92 Å². The number of anilines is 1. The van der Waals surface area contributed by atoms with Crippen LogP contribution >= 0.6 is 15.9 Å². The van der Waals surface area contributed by atoms with E-state index in [9.17, 15) is 0 Å². The Labute approximate surface area is 121 Å².